The summed E-state index contributed by atoms with van der Waals surface area (Å²) >= 11 is 0. The van der Waals surface area contributed by atoms with Crippen molar-refractivity contribution >= 4 is 27.5 Å². The van der Waals surface area contributed by atoms with Crippen molar-refractivity contribution < 1.29 is 12.8 Å². The number of fused-ring (bicyclic) bond motifs is 1. The second kappa shape index (κ2) is 4.41. The predicted octanol–water partition coefficient (Wildman–Crippen LogP) is 1.41. The Bertz CT molecular complexity index is 701. The number of aromatic nitrogens is 1. The van der Waals surface area contributed by atoms with Crippen LogP contribution in [0.2, 0.25) is 0 Å². The van der Waals surface area contributed by atoms with Crippen molar-refractivity contribution in [2.45, 2.75) is 11.8 Å². The molecule has 0 N–H and O–H groups in total. The number of hydrogen-bond donors (Lipinski definition) is 0. The third-order valence-corrected chi connectivity index (χ3v) is 3.40. The Kier molecular flexibility index (Phi) is 3.08. The molecule has 18 heavy (non-hydrogen) atoms. The molecule has 1 heterocycles. The predicted molar refractivity (Wildman–Crippen MR) is 68.1 cm³/mol. The fraction of sp³-hybridized carbons (Fsp3) is 0.273. The first-order valence-corrected chi connectivity index (χ1v) is 6.66. The van der Waals surface area contributed by atoms with Gasteiger partial charge in [-0.25, -0.2) is 4.98 Å². The summed E-state index contributed by atoms with van der Waals surface area (Å²) < 4.78 is 32.6. The Morgan fingerprint density at radius 1 is 1.39 bits per heavy atom. The molecule has 96 valence electrons. The van der Waals surface area contributed by atoms with E-state index < -0.39 is 10.0 Å². The topological polar surface area (TPSA) is 75.8 Å². The molecule has 1 aromatic heterocycles. The smallest absolute Gasteiger partial charge is 0.283 e. The molecular weight excluding hydrogens is 254 g/mol. The molecule has 0 saturated carbocycles. The monoisotopic (exact) mass is 267 g/mol. The Labute approximate surface area is 105 Å². The van der Waals surface area contributed by atoms with Gasteiger partial charge in [-0.3, -0.25) is 0 Å². The molecule has 1 aromatic carbocycles. The summed E-state index contributed by atoms with van der Waals surface area (Å²) in [5.41, 5.74) is 1.07. The number of rotatable bonds is 3. The van der Waals surface area contributed by atoms with Crippen LogP contribution in [0.25, 0.3) is 11.1 Å². The SMILES string of the molecule is Cc1nc2cc(S(=O)(=O)N=CN(C)C)ccc2o1. The number of sulfonamides is 1. The normalized spacial score (nSPS) is 12.4. The lowest BCUT2D eigenvalue weighted by Crippen LogP contribution is -2.10. The lowest BCUT2D eigenvalue weighted by molar-refractivity contribution is 0.561. The van der Waals surface area contributed by atoms with E-state index in [1.165, 1.54) is 18.5 Å². The Morgan fingerprint density at radius 3 is 2.78 bits per heavy atom. The average molecular weight is 267 g/mol. The molecule has 0 bridgehead atoms. The highest BCUT2D eigenvalue weighted by molar-refractivity contribution is 7.90. The van der Waals surface area contributed by atoms with E-state index in [1.54, 1.807) is 32.0 Å². The molecule has 0 fully saturated rings. The molecule has 0 amide bonds. The number of oxazole rings is 1. The molecular formula is C11H13N3O3S. The van der Waals surface area contributed by atoms with E-state index >= 15 is 0 Å². The third-order valence-electron chi connectivity index (χ3n) is 2.18. The van der Waals surface area contributed by atoms with Crippen molar-refractivity contribution in [1.82, 2.24) is 9.88 Å². The van der Waals surface area contributed by atoms with Gasteiger partial charge in [0.2, 0.25) is 0 Å². The standard InChI is InChI=1S/C11H13N3O3S/c1-8-13-10-6-9(4-5-11(10)17-8)18(15,16)12-7-14(2)3/h4-7H,1-3H3. The highest BCUT2D eigenvalue weighted by atomic mass is 32.2. The van der Waals surface area contributed by atoms with Crippen LogP contribution in [0, 0.1) is 6.92 Å². The highest BCUT2D eigenvalue weighted by Gasteiger charge is 2.14. The van der Waals surface area contributed by atoms with Crippen LogP contribution in [0.3, 0.4) is 0 Å². The van der Waals surface area contributed by atoms with Gasteiger partial charge >= 0.3 is 0 Å². The molecule has 0 aliphatic rings. The van der Waals surface area contributed by atoms with Crippen LogP contribution in [0.4, 0.5) is 0 Å². The average Bonchev–Trinajstić information content (AvgIpc) is 2.65. The summed E-state index contributed by atoms with van der Waals surface area (Å²) in [4.78, 5) is 5.74. The Morgan fingerprint density at radius 2 is 2.11 bits per heavy atom. The third kappa shape index (κ3) is 2.51. The van der Waals surface area contributed by atoms with Crippen LogP contribution >= 0.6 is 0 Å². The van der Waals surface area contributed by atoms with Crippen LogP contribution in [0.15, 0.2) is 31.9 Å². The molecule has 0 unspecified atom stereocenters. The molecule has 0 saturated heterocycles. The van der Waals surface area contributed by atoms with Gasteiger partial charge < -0.3 is 9.32 Å². The van der Waals surface area contributed by atoms with Crippen LogP contribution < -0.4 is 0 Å². The number of aryl methyl sites for hydroxylation is 1. The zero-order valence-electron chi connectivity index (χ0n) is 10.3. The highest BCUT2D eigenvalue weighted by Crippen LogP contribution is 2.20. The summed E-state index contributed by atoms with van der Waals surface area (Å²) in [6.07, 6.45) is 1.24. The van der Waals surface area contributed by atoms with Gasteiger partial charge in [0.25, 0.3) is 10.0 Å². The molecule has 2 rings (SSSR count). The van der Waals surface area contributed by atoms with Crippen molar-refractivity contribution in [3.8, 4) is 0 Å². The fourth-order valence-corrected chi connectivity index (χ4v) is 2.34. The summed E-state index contributed by atoms with van der Waals surface area (Å²) in [6, 6.07) is 4.48. The van der Waals surface area contributed by atoms with Gasteiger partial charge in [0.1, 0.15) is 11.9 Å². The summed E-state index contributed by atoms with van der Waals surface area (Å²) in [5, 5.41) is 0. The van der Waals surface area contributed by atoms with Crippen LogP contribution in [-0.2, 0) is 10.0 Å². The second-order valence-electron chi connectivity index (χ2n) is 4.02. The van der Waals surface area contributed by atoms with Gasteiger partial charge in [0.05, 0.1) is 4.90 Å². The Hall–Kier alpha value is -1.89. The van der Waals surface area contributed by atoms with E-state index in [4.69, 9.17) is 4.42 Å². The lowest BCUT2D eigenvalue weighted by Gasteiger charge is -2.02. The van der Waals surface area contributed by atoms with Gasteiger partial charge in [-0.1, -0.05) is 0 Å². The first-order chi connectivity index (χ1) is 8.38. The van der Waals surface area contributed by atoms with E-state index in [1.807, 2.05) is 0 Å². The Balaban J connectivity index is 2.47. The van der Waals surface area contributed by atoms with Gasteiger partial charge in [-0.05, 0) is 18.2 Å². The van der Waals surface area contributed by atoms with E-state index in [-0.39, 0.29) is 4.90 Å². The summed E-state index contributed by atoms with van der Waals surface area (Å²) in [7, 11) is -0.296. The fourth-order valence-electron chi connectivity index (χ4n) is 1.40. The minimum atomic E-state index is -3.69. The molecule has 0 aliphatic heterocycles. The molecule has 6 nitrogen and oxygen atoms in total. The number of hydrogen-bond acceptors (Lipinski definition) is 4. The first-order valence-electron chi connectivity index (χ1n) is 5.22. The molecule has 2 aromatic rings. The maximum Gasteiger partial charge on any atom is 0.283 e. The molecule has 0 spiro atoms. The van der Waals surface area contributed by atoms with Crippen molar-refractivity contribution in [1.29, 1.82) is 0 Å². The first kappa shape index (κ1) is 12.6. The summed E-state index contributed by atoms with van der Waals surface area (Å²) in [5.74, 6) is 0.497. The van der Waals surface area contributed by atoms with Crippen molar-refractivity contribution in [3.63, 3.8) is 0 Å². The minimum absolute atomic E-state index is 0.0985. The van der Waals surface area contributed by atoms with Gasteiger partial charge in [0, 0.05) is 21.0 Å². The van der Waals surface area contributed by atoms with Crippen molar-refractivity contribution in [2.24, 2.45) is 4.40 Å². The second-order valence-corrected chi connectivity index (χ2v) is 5.65. The molecule has 0 radical (unpaired) electrons. The van der Waals surface area contributed by atoms with Crippen molar-refractivity contribution in [3.05, 3.63) is 24.1 Å². The zero-order valence-corrected chi connectivity index (χ0v) is 11.1. The van der Waals surface area contributed by atoms with E-state index in [0.717, 1.165) is 0 Å². The zero-order chi connectivity index (χ0) is 13.3. The van der Waals surface area contributed by atoms with Crippen LogP contribution in [-0.4, -0.2) is 38.7 Å². The minimum Gasteiger partial charge on any atom is -0.441 e. The number of nitrogens with zero attached hydrogens (tertiary/aromatic N) is 3. The lowest BCUT2D eigenvalue weighted by atomic mass is 10.3. The van der Waals surface area contributed by atoms with Gasteiger partial charge in [0.15, 0.2) is 11.5 Å². The summed E-state index contributed by atoms with van der Waals surface area (Å²) in [6.45, 7) is 1.71. The van der Waals surface area contributed by atoms with Crippen LogP contribution in [0.1, 0.15) is 5.89 Å². The van der Waals surface area contributed by atoms with Crippen LogP contribution in [0.5, 0.6) is 0 Å². The van der Waals surface area contributed by atoms with Gasteiger partial charge in [-0.2, -0.15) is 8.42 Å². The molecule has 0 atom stereocenters. The largest absolute Gasteiger partial charge is 0.441 e. The maximum absolute atomic E-state index is 11.9. The number of benzene rings is 1. The molecule has 0 aliphatic carbocycles. The quantitative estimate of drug-likeness (QED) is 0.621. The van der Waals surface area contributed by atoms with E-state index in [0.29, 0.717) is 17.0 Å². The molecule has 7 heteroatoms. The van der Waals surface area contributed by atoms with Gasteiger partial charge in [-0.15, -0.1) is 4.40 Å². The van der Waals surface area contributed by atoms with E-state index in [2.05, 4.69) is 9.38 Å². The maximum atomic E-state index is 11.9. The van der Waals surface area contributed by atoms with E-state index in [9.17, 15) is 8.42 Å². The van der Waals surface area contributed by atoms with Crippen molar-refractivity contribution in [2.75, 3.05) is 14.1 Å².